The normalized spacial score (nSPS) is 15.4. The van der Waals surface area contributed by atoms with Gasteiger partial charge in [0.2, 0.25) is 0 Å². The average Bonchev–Trinajstić information content (AvgIpc) is 3.12. The number of aromatic amines is 1. The molecule has 0 atom stereocenters. The Hall–Kier alpha value is -2.26. The molecule has 2 aliphatic heterocycles. The van der Waals surface area contributed by atoms with Crippen molar-refractivity contribution in [1.29, 1.82) is 0 Å². The van der Waals surface area contributed by atoms with Gasteiger partial charge >= 0.3 is 0 Å². The van der Waals surface area contributed by atoms with Gasteiger partial charge in [0.15, 0.2) is 17.5 Å². The Kier molecular flexibility index (Phi) is 4.49. The van der Waals surface area contributed by atoms with Crippen molar-refractivity contribution in [2.24, 2.45) is 0 Å². The van der Waals surface area contributed by atoms with Crippen LogP contribution in [0, 0.1) is 0 Å². The summed E-state index contributed by atoms with van der Waals surface area (Å²) in [5.41, 5.74) is 2.48. The second-order valence-corrected chi connectivity index (χ2v) is 7.87. The molecule has 26 heavy (non-hydrogen) atoms. The Bertz CT molecular complexity index is 973. The van der Waals surface area contributed by atoms with E-state index >= 15 is 0 Å². The number of nitrogens with zero attached hydrogens (tertiary/aromatic N) is 2. The topological polar surface area (TPSA) is 92.4 Å². The maximum Gasteiger partial charge on any atom is 0.264 e. The van der Waals surface area contributed by atoms with Crippen molar-refractivity contribution < 1.29 is 14.3 Å². The van der Waals surface area contributed by atoms with Crippen molar-refractivity contribution in [3.05, 3.63) is 45.4 Å². The summed E-state index contributed by atoms with van der Waals surface area (Å²) < 4.78 is 5.37. The Morgan fingerprint density at radius 2 is 2.23 bits per heavy atom. The predicted molar refractivity (Wildman–Crippen MR) is 100 cm³/mol. The van der Waals surface area contributed by atoms with Gasteiger partial charge in [-0.3, -0.25) is 14.4 Å². The highest BCUT2D eigenvalue weighted by Crippen LogP contribution is 2.32. The van der Waals surface area contributed by atoms with Crippen LogP contribution in [0.2, 0.25) is 0 Å². The van der Waals surface area contributed by atoms with Crippen LogP contribution in [-0.4, -0.2) is 41.1 Å². The summed E-state index contributed by atoms with van der Waals surface area (Å²) in [5.74, 6) is 1.87. The first-order chi connectivity index (χ1) is 12.5. The van der Waals surface area contributed by atoms with Crippen LogP contribution in [-0.2, 0) is 16.3 Å². The summed E-state index contributed by atoms with van der Waals surface area (Å²) in [4.78, 5) is 44.9. The summed E-state index contributed by atoms with van der Waals surface area (Å²) in [7, 11) is 1.66. The minimum Gasteiger partial charge on any atom is -0.482 e. The summed E-state index contributed by atoms with van der Waals surface area (Å²) in [6, 6.07) is 5.04. The first-order valence-corrected chi connectivity index (χ1v) is 10.1. The number of rotatable bonds is 4. The molecule has 4 rings (SSSR count). The van der Waals surface area contributed by atoms with Crippen LogP contribution in [0.4, 0.5) is 5.69 Å². The fourth-order valence-electron chi connectivity index (χ4n) is 2.77. The number of H-pyrrole nitrogens is 1. The van der Waals surface area contributed by atoms with Crippen molar-refractivity contribution in [1.82, 2.24) is 9.97 Å². The SMILES string of the molecule is CN1C(=O)COc2ccc(C(=O)CSc3nc4c(c(=O)[nH]3)CSC4)cc21. The van der Waals surface area contributed by atoms with E-state index in [9.17, 15) is 14.4 Å². The molecule has 0 bridgehead atoms. The number of hydrogen-bond donors (Lipinski definition) is 1. The number of aromatic nitrogens is 2. The van der Waals surface area contributed by atoms with Crippen molar-refractivity contribution in [2.75, 3.05) is 24.3 Å². The van der Waals surface area contributed by atoms with E-state index in [1.807, 2.05) is 0 Å². The number of amides is 1. The van der Waals surface area contributed by atoms with Gasteiger partial charge < -0.3 is 14.6 Å². The second-order valence-electron chi connectivity index (χ2n) is 5.92. The van der Waals surface area contributed by atoms with E-state index in [4.69, 9.17) is 4.74 Å². The molecule has 2 aliphatic rings. The summed E-state index contributed by atoms with van der Waals surface area (Å²) in [5, 5.41) is 0.457. The molecule has 0 fully saturated rings. The Labute approximate surface area is 157 Å². The van der Waals surface area contributed by atoms with Gasteiger partial charge in [-0.2, -0.15) is 11.8 Å². The largest absolute Gasteiger partial charge is 0.482 e. The van der Waals surface area contributed by atoms with E-state index in [1.165, 1.54) is 16.7 Å². The zero-order chi connectivity index (χ0) is 18.3. The quantitative estimate of drug-likeness (QED) is 0.485. The molecule has 0 spiro atoms. The van der Waals surface area contributed by atoms with Crippen molar-refractivity contribution in [2.45, 2.75) is 16.7 Å². The van der Waals surface area contributed by atoms with Crippen LogP contribution in [0.25, 0.3) is 0 Å². The zero-order valence-electron chi connectivity index (χ0n) is 13.9. The Morgan fingerprint density at radius 1 is 1.38 bits per heavy atom. The number of anilines is 1. The van der Waals surface area contributed by atoms with Gasteiger partial charge in [0.25, 0.3) is 11.5 Å². The van der Waals surface area contributed by atoms with Crippen molar-refractivity contribution >= 4 is 40.9 Å². The molecule has 1 N–H and O–H groups in total. The highest BCUT2D eigenvalue weighted by atomic mass is 32.2. The van der Waals surface area contributed by atoms with Gasteiger partial charge in [-0.25, -0.2) is 4.98 Å². The Morgan fingerprint density at radius 3 is 3.08 bits per heavy atom. The monoisotopic (exact) mass is 389 g/mol. The third kappa shape index (κ3) is 3.12. The molecule has 9 heteroatoms. The molecule has 7 nitrogen and oxygen atoms in total. The molecule has 1 aromatic heterocycles. The standard InChI is InChI=1S/C17H15N3O4S2/c1-20-12-4-9(2-3-14(12)24-5-15(20)22)13(21)8-26-17-18-11-7-25-6-10(11)16(23)19-17/h2-4H,5-8H2,1H3,(H,18,19,23). The molecule has 0 saturated heterocycles. The lowest BCUT2D eigenvalue weighted by Crippen LogP contribution is -2.35. The molecule has 134 valence electrons. The number of thioether (sulfide) groups is 2. The number of nitrogens with one attached hydrogen (secondary N) is 1. The summed E-state index contributed by atoms with van der Waals surface area (Å²) in [6.45, 7) is 0.00227. The number of ketones is 1. The number of hydrogen-bond acceptors (Lipinski definition) is 7. The van der Waals surface area contributed by atoms with Crippen LogP contribution in [0.1, 0.15) is 21.6 Å². The maximum atomic E-state index is 12.5. The lowest BCUT2D eigenvalue weighted by atomic mass is 10.1. The van der Waals surface area contributed by atoms with E-state index in [0.717, 1.165) is 17.0 Å². The molecule has 0 unspecified atom stereocenters. The molecule has 0 aliphatic carbocycles. The zero-order valence-corrected chi connectivity index (χ0v) is 15.5. The highest BCUT2D eigenvalue weighted by Gasteiger charge is 2.23. The molecular formula is C17H15N3O4S2. The van der Waals surface area contributed by atoms with E-state index in [1.54, 1.807) is 37.0 Å². The van der Waals surface area contributed by atoms with Crippen molar-refractivity contribution in [3.63, 3.8) is 0 Å². The third-order valence-electron chi connectivity index (χ3n) is 4.27. The number of Topliss-reactive ketones (excluding diaryl/α,β-unsaturated/α-hetero) is 1. The first-order valence-electron chi connectivity index (χ1n) is 7.92. The van der Waals surface area contributed by atoms with Gasteiger partial charge in [-0.15, -0.1) is 0 Å². The third-order valence-corrected chi connectivity index (χ3v) is 6.12. The van der Waals surface area contributed by atoms with E-state index in [0.29, 0.717) is 27.9 Å². The number of benzene rings is 1. The molecule has 3 heterocycles. The van der Waals surface area contributed by atoms with Crippen molar-refractivity contribution in [3.8, 4) is 5.75 Å². The number of ether oxygens (including phenoxy) is 1. The minimum atomic E-state index is -0.158. The van der Waals surface area contributed by atoms with Gasteiger partial charge in [-0.1, -0.05) is 11.8 Å². The fraction of sp³-hybridized carbons (Fsp3) is 0.294. The minimum absolute atomic E-state index is 0.00227. The maximum absolute atomic E-state index is 12.5. The van der Waals surface area contributed by atoms with Gasteiger partial charge in [-0.05, 0) is 18.2 Å². The number of fused-ring (bicyclic) bond motifs is 2. The molecule has 0 saturated carbocycles. The van der Waals surface area contributed by atoms with Crippen LogP contribution in [0.3, 0.4) is 0 Å². The smallest absolute Gasteiger partial charge is 0.264 e. The fourth-order valence-corrected chi connectivity index (χ4v) is 4.58. The molecule has 1 aromatic carbocycles. The van der Waals surface area contributed by atoms with E-state index < -0.39 is 0 Å². The van der Waals surface area contributed by atoms with Gasteiger partial charge in [0.05, 0.1) is 17.1 Å². The van der Waals surface area contributed by atoms with Crippen LogP contribution in [0.15, 0.2) is 28.2 Å². The van der Waals surface area contributed by atoms with Gasteiger partial charge in [0, 0.05) is 29.7 Å². The predicted octanol–water partition coefficient (Wildman–Crippen LogP) is 1.85. The molecule has 0 radical (unpaired) electrons. The molecular weight excluding hydrogens is 374 g/mol. The Balaban J connectivity index is 1.50. The number of likely N-dealkylation sites (N-methyl/N-ethyl adjacent to an activating group) is 1. The lowest BCUT2D eigenvalue weighted by molar-refractivity contribution is -0.120. The highest BCUT2D eigenvalue weighted by molar-refractivity contribution is 7.99. The van der Waals surface area contributed by atoms with Crippen LogP contribution in [0.5, 0.6) is 5.75 Å². The van der Waals surface area contributed by atoms with E-state index in [-0.39, 0.29) is 29.6 Å². The first kappa shape index (κ1) is 17.2. The van der Waals surface area contributed by atoms with Crippen LogP contribution >= 0.6 is 23.5 Å². The number of carbonyl (C=O) groups is 2. The second kappa shape index (κ2) is 6.81. The number of carbonyl (C=O) groups excluding carboxylic acids is 2. The summed E-state index contributed by atoms with van der Waals surface area (Å²) in [6.07, 6.45) is 0. The van der Waals surface area contributed by atoms with Gasteiger partial charge in [0.1, 0.15) is 5.75 Å². The molecule has 1 amide bonds. The average molecular weight is 389 g/mol. The lowest BCUT2D eigenvalue weighted by Gasteiger charge is -2.26. The van der Waals surface area contributed by atoms with E-state index in [2.05, 4.69) is 9.97 Å². The van der Waals surface area contributed by atoms with Crippen LogP contribution < -0.4 is 15.2 Å². The summed E-state index contributed by atoms with van der Waals surface area (Å²) >= 11 is 2.86. The molecule has 2 aromatic rings.